The Morgan fingerprint density at radius 2 is 1.81 bits per heavy atom. The molecule has 1 N–H and O–H groups in total. The quantitative estimate of drug-likeness (QED) is 0.893. The fourth-order valence-electron chi connectivity index (χ4n) is 4.14. The minimum absolute atomic E-state index is 0.372. The minimum atomic E-state index is -3.39. The summed E-state index contributed by atoms with van der Waals surface area (Å²) in [6, 6.07) is 16.4. The van der Waals surface area contributed by atoms with Crippen molar-refractivity contribution in [2.75, 3.05) is 18.4 Å². The zero-order valence-corrected chi connectivity index (χ0v) is 16.0. The second-order valence-corrected chi connectivity index (χ2v) is 9.54. The summed E-state index contributed by atoms with van der Waals surface area (Å²) in [5, 5.41) is 3.38. The second kappa shape index (κ2) is 7.05. The van der Waals surface area contributed by atoms with Crippen LogP contribution in [0, 0.1) is 5.92 Å². The Kier molecular flexibility index (Phi) is 4.76. The highest BCUT2D eigenvalue weighted by Gasteiger charge is 2.30. The van der Waals surface area contributed by atoms with Crippen LogP contribution in [0.5, 0.6) is 0 Å². The summed E-state index contributed by atoms with van der Waals surface area (Å²) in [6.07, 6.45) is 3.78. The highest BCUT2D eigenvalue weighted by molar-refractivity contribution is 7.89. The number of sulfonamides is 1. The van der Waals surface area contributed by atoms with Crippen LogP contribution in [0.2, 0.25) is 0 Å². The zero-order chi connectivity index (χ0) is 18.1. The maximum absolute atomic E-state index is 13.0. The molecule has 5 heteroatoms. The van der Waals surface area contributed by atoms with Gasteiger partial charge in [-0.05, 0) is 67.9 Å². The molecule has 2 heterocycles. The molecule has 1 fully saturated rings. The molecule has 4 rings (SSSR count). The van der Waals surface area contributed by atoms with E-state index in [9.17, 15) is 8.42 Å². The summed E-state index contributed by atoms with van der Waals surface area (Å²) in [5.41, 5.74) is 3.52. The number of fused-ring (bicyclic) bond motifs is 1. The summed E-state index contributed by atoms with van der Waals surface area (Å²) >= 11 is 0. The van der Waals surface area contributed by atoms with Gasteiger partial charge in [-0.3, -0.25) is 0 Å². The van der Waals surface area contributed by atoms with Gasteiger partial charge in [0.1, 0.15) is 0 Å². The van der Waals surface area contributed by atoms with Gasteiger partial charge in [0.05, 0.1) is 4.90 Å². The number of anilines is 1. The van der Waals surface area contributed by atoms with Crippen LogP contribution < -0.4 is 5.32 Å². The number of rotatable bonds is 4. The van der Waals surface area contributed by atoms with E-state index in [0.29, 0.717) is 29.9 Å². The van der Waals surface area contributed by atoms with E-state index >= 15 is 0 Å². The topological polar surface area (TPSA) is 49.4 Å². The van der Waals surface area contributed by atoms with Crippen LogP contribution in [0.25, 0.3) is 0 Å². The predicted octanol–water partition coefficient (Wildman–Crippen LogP) is 3.69. The van der Waals surface area contributed by atoms with Gasteiger partial charge in [-0.15, -0.1) is 0 Å². The average molecular weight is 371 g/mol. The van der Waals surface area contributed by atoms with Crippen molar-refractivity contribution in [1.82, 2.24) is 4.31 Å². The van der Waals surface area contributed by atoms with Crippen molar-refractivity contribution in [2.45, 2.75) is 43.5 Å². The van der Waals surface area contributed by atoms with Crippen LogP contribution in [-0.2, 0) is 22.9 Å². The zero-order valence-electron chi connectivity index (χ0n) is 15.2. The molecule has 4 nitrogen and oxygen atoms in total. The smallest absolute Gasteiger partial charge is 0.243 e. The van der Waals surface area contributed by atoms with Gasteiger partial charge in [0, 0.05) is 24.8 Å². The Morgan fingerprint density at radius 3 is 2.54 bits per heavy atom. The molecule has 0 radical (unpaired) electrons. The lowest BCUT2D eigenvalue weighted by Crippen LogP contribution is -2.38. The van der Waals surface area contributed by atoms with Crippen LogP contribution in [0.4, 0.5) is 5.69 Å². The van der Waals surface area contributed by atoms with E-state index in [-0.39, 0.29) is 0 Å². The fraction of sp³-hybridized carbons (Fsp3) is 0.429. The van der Waals surface area contributed by atoms with Gasteiger partial charge in [0.2, 0.25) is 10.0 Å². The van der Waals surface area contributed by atoms with E-state index in [4.69, 9.17) is 0 Å². The Bertz CT molecular complexity index is 872. The highest BCUT2D eigenvalue weighted by Crippen LogP contribution is 2.31. The fourth-order valence-corrected chi connectivity index (χ4v) is 5.66. The van der Waals surface area contributed by atoms with E-state index in [0.717, 1.165) is 36.9 Å². The molecule has 2 aromatic carbocycles. The van der Waals surface area contributed by atoms with Gasteiger partial charge in [-0.1, -0.05) is 30.3 Å². The summed E-state index contributed by atoms with van der Waals surface area (Å²) in [4.78, 5) is 0.439. The van der Waals surface area contributed by atoms with E-state index in [1.807, 2.05) is 18.2 Å². The molecule has 0 amide bonds. The molecular formula is C21H26N2O2S. The third-order valence-electron chi connectivity index (χ3n) is 5.58. The van der Waals surface area contributed by atoms with E-state index in [2.05, 4.69) is 36.5 Å². The lowest BCUT2D eigenvalue weighted by atomic mass is 9.91. The van der Waals surface area contributed by atoms with E-state index in [1.165, 1.54) is 5.56 Å². The van der Waals surface area contributed by atoms with Gasteiger partial charge in [0.15, 0.2) is 0 Å². The number of piperidine rings is 1. The van der Waals surface area contributed by atoms with Gasteiger partial charge in [-0.2, -0.15) is 4.31 Å². The van der Waals surface area contributed by atoms with E-state index < -0.39 is 10.0 Å². The minimum Gasteiger partial charge on any atom is -0.382 e. The number of benzene rings is 2. The first kappa shape index (κ1) is 17.6. The Balaban J connectivity index is 1.43. The molecule has 1 saturated heterocycles. The highest BCUT2D eigenvalue weighted by atomic mass is 32.2. The third kappa shape index (κ3) is 3.51. The monoisotopic (exact) mass is 370 g/mol. The maximum atomic E-state index is 13.0. The largest absolute Gasteiger partial charge is 0.382 e. The molecule has 0 bridgehead atoms. The molecule has 0 saturated carbocycles. The normalized spacial score (nSPS) is 21.3. The summed E-state index contributed by atoms with van der Waals surface area (Å²) in [6.45, 7) is 3.35. The number of nitrogens with zero attached hydrogens (tertiary/aromatic N) is 1. The molecule has 0 spiro atoms. The molecular weight excluding hydrogens is 344 g/mol. The SMILES string of the molecule is C[C@@H]1Cc2cc(S(=O)(=O)N3CCC(Cc4ccccc4)CC3)ccc2N1. The molecule has 26 heavy (non-hydrogen) atoms. The first-order chi connectivity index (χ1) is 12.5. The Hall–Kier alpha value is -1.85. The molecule has 0 unspecified atom stereocenters. The summed E-state index contributed by atoms with van der Waals surface area (Å²) in [5.74, 6) is 0.564. The van der Waals surface area contributed by atoms with Crippen molar-refractivity contribution in [3.63, 3.8) is 0 Å². The molecule has 0 aliphatic carbocycles. The van der Waals surface area contributed by atoms with Gasteiger partial charge < -0.3 is 5.32 Å². The second-order valence-electron chi connectivity index (χ2n) is 7.61. The molecule has 2 aromatic rings. The van der Waals surface area contributed by atoms with Crippen LogP contribution >= 0.6 is 0 Å². The standard InChI is InChI=1S/C21H26N2O2S/c1-16-13-19-15-20(7-8-21(19)22-16)26(24,25)23-11-9-18(10-12-23)14-17-5-3-2-4-6-17/h2-8,15-16,18,22H,9-14H2,1H3/t16-/m1/s1. The predicted molar refractivity (Wildman–Crippen MR) is 105 cm³/mol. The number of hydrogen-bond donors (Lipinski definition) is 1. The van der Waals surface area contributed by atoms with Crippen LogP contribution in [0.3, 0.4) is 0 Å². The van der Waals surface area contributed by atoms with E-state index in [1.54, 1.807) is 10.4 Å². The molecule has 1 atom stereocenters. The average Bonchev–Trinajstić information content (AvgIpc) is 3.02. The van der Waals surface area contributed by atoms with Crippen molar-refractivity contribution < 1.29 is 8.42 Å². The van der Waals surface area contributed by atoms with Crippen LogP contribution in [0.15, 0.2) is 53.4 Å². The van der Waals surface area contributed by atoms with Crippen molar-refractivity contribution in [3.05, 3.63) is 59.7 Å². The van der Waals surface area contributed by atoms with Gasteiger partial charge in [-0.25, -0.2) is 8.42 Å². The molecule has 2 aliphatic heterocycles. The maximum Gasteiger partial charge on any atom is 0.243 e. The van der Waals surface area contributed by atoms with Crippen molar-refractivity contribution in [3.8, 4) is 0 Å². The lowest BCUT2D eigenvalue weighted by Gasteiger charge is -2.31. The van der Waals surface area contributed by atoms with Crippen molar-refractivity contribution in [1.29, 1.82) is 0 Å². The molecule has 2 aliphatic rings. The molecule has 0 aromatic heterocycles. The van der Waals surface area contributed by atoms with Crippen molar-refractivity contribution >= 4 is 15.7 Å². The first-order valence-electron chi connectivity index (χ1n) is 9.46. The van der Waals surface area contributed by atoms with Crippen LogP contribution in [-0.4, -0.2) is 31.9 Å². The Morgan fingerprint density at radius 1 is 1.08 bits per heavy atom. The third-order valence-corrected chi connectivity index (χ3v) is 7.48. The van der Waals surface area contributed by atoms with Crippen LogP contribution in [0.1, 0.15) is 30.9 Å². The summed E-state index contributed by atoms with van der Waals surface area (Å²) < 4.78 is 27.7. The Labute approximate surface area is 156 Å². The molecule has 138 valence electrons. The summed E-state index contributed by atoms with van der Waals surface area (Å²) in [7, 11) is -3.39. The van der Waals surface area contributed by atoms with Crippen molar-refractivity contribution in [2.24, 2.45) is 5.92 Å². The first-order valence-corrected chi connectivity index (χ1v) is 10.9. The van der Waals surface area contributed by atoms with Gasteiger partial charge in [0.25, 0.3) is 0 Å². The lowest BCUT2D eigenvalue weighted by molar-refractivity contribution is 0.273. The van der Waals surface area contributed by atoms with Gasteiger partial charge >= 0.3 is 0 Å². The number of nitrogens with one attached hydrogen (secondary N) is 1. The number of hydrogen-bond acceptors (Lipinski definition) is 3.